The van der Waals surface area contributed by atoms with Crippen LogP contribution in [0.3, 0.4) is 0 Å². The molecule has 0 spiro atoms. The Labute approximate surface area is 123 Å². The Kier molecular flexibility index (Phi) is 3.88. The maximum Gasteiger partial charge on any atom is 0.120 e. The minimum Gasteiger partial charge on any atom is -0.115 e. The van der Waals surface area contributed by atoms with Gasteiger partial charge in [0.1, 0.15) is 8.07 Å². The molecule has 0 nitrogen and oxygen atoms in total. The molecule has 0 saturated heterocycles. The molecule has 2 aromatic rings. The van der Waals surface area contributed by atoms with Gasteiger partial charge in [-0.3, -0.25) is 0 Å². The van der Waals surface area contributed by atoms with E-state index in [1.807, 2.05) is 0 Å². The zero-order valence-electron chi connectivity index (χ0n) is 12.8. The molecule has 1 atom stereocenters. The third-order valence-corrected chi connectivity index (χ3v) is 10.5. The molecule has 0 saturated carbocycles. The maximum atomic E-state index is 5.47. The van der Waals surface area contributed by atoms with E-state index in [4.69, 9.17) is 6.42 Å². The third-order valence-electron chi connectivity index (χ3n) is 4.48. The van der Waals surface area contributed by atoms with Gasteiger partial charge in [0.15, 0.2) is 0 Å². The van der Waals surface area contributed by atoms with E-state index in [0.717, 1.165) is 5.56 Å². The number of benzene rings is 2. The fourth-order valence-corrected chi connectivity index (χ4v) is 6.46. The Balaban J connectivity index is 2.62. The SMILES string of the molecule is C#Cc1ccc([Si](C)(c2ccccc2)C(C)(C)C)cc1. The van der Waals surface area contributed by atoms with Gasteiger partial charge in [-0.15, -0.1) is 6.42 Å². The lowest BCUT2D eigenvalue weighted by molar-refractivity contribution is 0.734. The predicted molar refractivity (Wildman–Crippen MR) is 91.4 cm³/mol. The van der Waals surface area contributed by atoms with Gasteiger partial charge in [0.2, 0.25) is 0 Å². The fourth-order valence-electron chi connectivity index (χ4n) is 2.70. The van der Waals surface area contributed by atoms with E-state index < -0.39 is 8.07 Å². The standard InChI is InChI=1S/C19H22Si/c1-6-16-12-14-18(15-13-16)20(5,19(2,3)4)17-10-8-7-9-11-17/h1,7-15H,2-5H3. The Morgan fingerprint density at radius 3 is 1.80 bits per heavy atom. The predicted octanol–water partition coefficient (Wildman–Crippen LogP) is 3.66. The van der Waals surface area contributed by atoms with Gasteiger partial charge in [-0.25, -0.2) is 0 Å². The molecule has 20 heavy (non-hydrogen) atoms. The normalized spacial score (nSPS) is 14.3. The molecule has 102 valence electrons. The first-order valence-corrected chi connectivity index (χ1v) is 9.52. The summed E-state index contributed by atoms with van der Waals surface area (Å²) in [5.41, 5.74) is 0.951. The van der Waals surface area contributed by atoms with Crippen LogP contribution < -0.4 is 10.4 Å². The lowest BCUT2D eigenvalue weighted by atomic mass is 10.2. The van der Waals surface area contributed by atoms with Crippen molar-refractivity contribution in [1.82, 2.24) is 0 Å². The Hall–Kier alpha value is -1.78. The van der Waals surface area contributed by atoms with Gasteiger partial charge >= 0.3 is 0 Å². The number of hydrogen-bond donors (Lipinski definition) is 0. The molecule has 0 heterocycles. The van der Waals surface area contributed by atoms with E-state index >= 15 is 0 Å². The van der Waals surface area contributed by atoms with E-state index in [0.29, 0.717) is 0 Å². The Morgan fingerprint density at radius 2 is 1.35 bits per heavy atom. The number of rotatable bonds is 2. The van der Waals surface area contributed by atoms with Crippen LogP contribution in [0.2, 0.25) is 11.6 Å². The minimum absolute atomic E-state index is 0.242. The molecule has 2 rings (SSSR count). The Morgan fingerprint density at radius 1 is 0.850 bits per heavy atom. The molecule has 0 N–H and O–H groups in total. The van der Waals surface area contributed by atoms with Gasteiger partial charge in [0.05, 0.1) is 0 Å². The highest BCUT2D eigenvalue weighted by Gasteiger charge is 2.42. The van der Waals surface area contributed by atoms with Crippen molar-refractivity contribution in [2.75, 3.05) is 0 Å². The van der Waals surface area contributed by atoms with Crippen LogP contribution in [-0.4, -0.2) is 8.07 Å². The summed E-state index contributed by atoms with van der Waals surface area (Å²) in [6.45, 7) is 9.50. The first-order chi connectivity index (χ1) is 9.39. The number of hydrogen-bond acceptors (Lipinski definition) is 0. The molecule has 0 aliphatic carbocycles. The topological polar surface area (TPSA) is 0 Å². The summed E-state index contributed by atoms with van der Waals surface area (Å²) >= 11 is 0. The molecule has 0 fully saturated rings. The third kappa shape index (κ3) is 2.44. The van der Waals surface area contributed by atoms with Crippen LogP contribution in [0.5, 0.6) is 0 Å². The van der Waals surface area contributed by atoms with Gasteiger partial charge in [-0.1, -0.05) is 86.1 Å². The highest BCUT2D eigenvalue weighted by Crippen LogP contribution is 2.35. The largest absolute Gasteiger partial charge is 0.120 e. The van der Waals surface area contributed by atoms with E-state index in [1.54, 1.807) is 0 Å². The summed E-state index contributed by atoms with van der Waals surface area (Å²) < 4.78 is 0. The first-order valence-electron chi connectivity index (χ1n) is 7.02. The summed E-state index contributed by atoms with van der Waals surface area (Å²) in [4.78, 5) is 0. The molecular weight excluding hydrogens is 256 g/mol. The van der Waals surface area contributed by atoms with Gasteiger partial charge < -0.3 is 0 Å². The van der Waals surface area contributed by atoms with Crippen molar-refractivity contribution < 1.29 is 0 Å². The second kappa shape index (κ2) is 5.30. The highest BCUT2D eigenvalue weighted by atomic mass is 28.3. The van der Waals surface area contributed by atoms with E-state index in [1.165, 1.54) is 10.4 Å². The molecule has 0 aliphatic rings. The van der Waals surface area contributed by atoms with Crippen molar-refractivity contribution in [2.45, 2.75) is 32.4 Å². The molecule has 0 bridgehead atoms. The minimum atomic E-state index is -1.81. The number of terminal acetylenes is 1. The van der Waals surface area contributed by atoms with Crippen LogP contribution in [-0.2, 0) is 0 Å². The zero-order valence-corrected chi connectivity index (χ0v) is 13.8. The average Bonchev–Trinajstić information content (AvgIpc) is 2.46. The van der Waals surface area contributed by atoms with Gasteiger partial charge in [-0.2, -0.15) is 0 Å². The van der Waals surface area contributed by atoms with Crippen LogP contribution in [0.15, 0.2) is 54.6 Å². The second-order valence-corrected chi connectivity index (χ2v) is 11.4. The summed E-state index contributed by atoms with van der Waals surface area (Å²) in [5, 5.41) is 3.16. The molecule has 0 radical (unpaired) electrons. The second-order valence-electron chi connectivity index (χ2n) is 6.46. The van der Waals surface area contributed by atoms with Crippen LogP contribution in [0.1, 0.15) is 26.3 Å². The van der Waals surface area contributed by atoms with Crippen LogP contribution in [0.25, 0.3) is 0 Å². The molecular formula is C19H22Si. The van der Waals surface area contributed by atoms with Crippen LogP contribution in [0.4, 0.5) is 0 Å². The van der Waals surface area contributed by atoms with Crippen molar-refractivity contribution in [3.05, 3.63) is 60.2 Å². The zero-order chi connectivity index (χ0) is 14.8. The summed E-state index contributed by atoms with van der Waals surface area (Å²) in [7, 11) is -1.81. The summed E-state index contributed by atoms with van der Waals surface area (Å²) in [6, 6.07) is 19.5. The molecule has 0 aromatic heterocycles. The lowest BCUT2D eigenvalue weighted by Crippen LogP contribution is -2.61. The van der Waals surface area contributed by atoms with E-state index in [2.05, 4.69) is 87.8 Å². The first kappa shape index (κ1) is 14.6. The van der Waals surface area contributed by atoms with Gasteiger partial charge in [0, 0.05) is 5.56 Å². The summed E-state index contributed by atoms with van der Waals surface area (Å²) in [6.07, 6.45) is 5.47. The van der Waals surface area contributed by atoms with Gasteiger partial charge in [0.25, 0.3) is 0 Å². The maximum absolute atomic E-state index is 5.47. The Bertz CT molecular complexity index is 612. The average molecular weight is 278 g/mol. The van der Waals surface area contributed by atoms with Crippen molar-refractivity contribution >= 4 is 18.4 Å². The van der Waals surface area contributed by atoms with E-state index in [9.17, 15) is 0 Å². The lowest BCUT2D eigenvalue weighted by Gasteiger charge is -2.41. The van der Waals surface area contributed by atoms with Crippen molar-refractivity contribution in [1.29, 1.82) is 0 Å². The van der Waals surface area contributed by atoms with Crippen molar-refractivity contribution in [2.24, 2.45) is 0 Å². The smallest absolute Gasteiger partial charge is 0.115 e. The monoisotopic (exact) mass is 278 g/mol. The quantitative estimate of drug-likeness (QED) is 0.581. The molecule has 1 unspecified atom stereocenters. The fraction of sp³-hybridized carbons (Fsp3) is 0.263. The summed E-state index contributed by atoms with van der Waals surface area (Å²) in [5.74, 6) is 2.70. The molecule has 2 aromatic carbocycles. The van der Waals surface area contributed by atoms with Crippen molar-refractivity contribution in [3.8, 4) is 12.3 Å². The molecule has 0 aliphatic heterocycles. The molecule has 0 amide bonds. The van der Waals surface area contributed by atoms with Crippen LogP contribution in [0, 0.1) is 12.3 Å². The van der Waals surface area contributed by atoms with Gasteiger partial charge in [-0.05, 0) is 17.2 Å². The van der Waals surface area contributed by atoms with Crippen LogP contribution >= 0.6 is 0 Å². The highest BCUT2D eigenvalue weighted by molar-refractivity contribution is 7.03. The van der Waals surface area contributed by atoms with Crippen molar-refractivity contribution in [3.63, 3.8) is 0 Å². The van der Waals surface area contributed by atoms with E-state index in [-0.39, 0.29) is 5.04 Å². The molecule has 1 heteroatoms.